The maximum Gasteiger partial charge on any atom is 0.0217 e. The molecule has 1 N–H and O–H groups in total. The van der Waals surface area contributed by atoms with Gasteiger partial charge in [-0.05, 0) is 32.5 Å². The predicted octanol–water partition coefficient (Wildman–Crippen LogP) is 2.11. The Bertz CT molecular complexity index is 104. The fourth-order valence-electron chi connectivity index (χ4n) is 1.73. The molecule has 2 nitrogen and oxygen atoms in total. The van der Waals surface area contributed by atoms with Crippen LogP contribution in [0.2, 0.25) is 0 Å². The van der Waals surface area contributed by atoms with Gasteiger partial charge in [-0.15, -0.1) is 0 Å². The highest BCUT2D eigenvalue weighted by Gasteiger charge is 2.12. The first kappa shape index (κ1) is 12.9. The monoisotopic (exact) mass is 186 g/mol. The van der Waals surface area contributed by atoms with Crippen LogP contribution in [0.25, 0.3) is 0 Å². The lowest BCUT2D eigenvalue weighted by Crippen LogP contribution is -2.42. The molecule has 0 aromatic heterocycles. The zero-order valence-electron chi connectivity index (χ0n) is 9.77. The number of likely N-dealkylation sites (N-methyl/N-ethyl adjacent to an activating group) is 2. The van der Waals surface area contributed by atoms with Gasteiger partial charge in [0, 0.05) is 12.6 Å². The van der Waals surface area contributed by atoms with Crippen LogP contribution >= 0.6 is 0 Å². The summed E-state index contributed by atoms with van der Waals surface area (Å²) < 4.78 is 0. The largest absolute Gasteiger partial charge is 0.315 e. The van der Waals surface area contributed by atoms with Crippen molar-refractivity contribution in [1.82, 2.24) is 10.2 Å². The van der Waals surface area contributed by atoms with Gasteiger partial charge < -0.3 is 5.32 Å². The van der Waals surface area contributed by atoms with Gasteiger partial charge in [0.2, 0.25) is 0 Å². The SMILES string of the molecule is CCCN(CC)C(CC)CNCC. The molecule has 0 heterocycles. The zero-order valence-corrected chi connectivity index (χ0v) is 9.77. The Hall–Kier alpha value is -0.0800. The van der Waals surface area contributed by atoms with Crippen molar-refractivity contribution in [2.75, 3.05) is 26.2 Å². The highest BCUT2D eigenvalue weighted by molar-refractivity contribution is 4.71. The maximum atomic E-state index is 3.43. The van der Waals surface area contributed by atoms with E-state index in [4.69, 9.17) is 0 Å². The number of hydrogen-bond acceptors (Lipinski definition) is 2. The van der Waals surface area contributed by atoms with E-state index < -0.39 is 0 Å². The second-order valence-electron chi connectivity index (χ2n) is 3.50. The van der Waals surface area contributed by atoms with Gasteiger partial charge in [-0.1, -0.05) is 27.7 Å². The van der Waals surface area contributed by atoms with E-state index in [9.17, 15) is 0 Å². The van der Waals surface area contributed by atoms with Crippen LogP contribution in [0.1, 0.15) is 40.5 Å². The third-order valence-electron chi connectivity index (χ3n) is 2.53. The molecule has 0 fully saturated rings. The number of rotatable bonds is 8. The first-order chi connectivity index (χ1) is 6.29. The molecule has 13 heavy (non-hydrogen) atoms. The van der Waals surface area contributed by atoms with E-state index in [0.29, 0.717) is 0 Å². The second-order valence-corrected chi connectivity index (χ2v) is 3.50. The summed E-state index contributed by atoms with van der Waals surface area (Å²) in [4.78, 5) is 2.57. The molecule has 0 saturated heterocycles. The van der Waals surface area contributed by atoms with E-state index in [1.165, 1.54) is 25.9 Å². The Kier molecular flexibility index (Phi) is 8.46. The lowest BCUT2D eigenvalue weighted by Gasteiger charge is -2.29. The van der Waals surface area contributed by atoms with E-state index >= 15 is 0 Å². The molecule has 1 unspecified atom stereocenters. The molecule has 0 aromatic rings. The molecule has 0 radical (unpaired) electrons. The number of nitrogens with zero attached hydrogens (tertiary/aromatic N) is 1. The molecule has 0 spiro atoms. The van der Waals surface area contributed by atoms with Gasteiger partial charge >= 0.3 is 0 Å². The van der Waals surface area contributed by atoms with Crippen molar-refractivity contribution in [3.63, 3.8) is 0 Å². The fraction of sp³-hybridized carbons (Fsp3) is 1.00. The lowest BCUT2D eigenvalue weighted by molar-refractivity contribution is 0.197. The Balaban J connectivity index is 3.84. The Morgan fingerprint density at radius 2 is 1.85 bits per heavy atom. The summed E-state index contributed by atoms with van der Waals surface area (Å²) in [5.41, 5.74) is 0. The maximum absolute atomic E-state index is 3.43. The molecule has 0 aliphatic heterocycles. The minimum Gasteiger partial charge on any atom is -0.315 e. The van der Waals surface area contributed by atoms with E-state index in [1.807, 2.05) is 0 Å². The van der Waals surface area contributed by atoms with Crippen LogP contribution in [-0.4, -0.2) is 37.1 Å². The minimum absolute atomic E-state index is 0.727. The summed E-state index contributed by atoms with van der Waals surface area (Å²) in [6.45, 7) is 13.6. The van der Waals surface area contributed by atoms with E-state index in [-0.39, 0.29) is 0 Å². The standard InChI is InChI=1S/C11H26N2/c1-5-9-13(8-4)11(6-2)10-12-7-3/h11-12H,5-10H2,1-4H3. The third kappa shape index (κ3) is 5.27. The van der Waals surface area contributed by atoms with Crippen molar-refractivity contribution < 1.29 is 0 Å². The van der Waals surface area contributed by atoms with Crippen molar-refractivity contribution in [3.8, 4) is 0 Å². The fourth-order valence-corrected chi connectivity index (χ4v) is 1.73. The first-order valence-corrected chi connectivity index (χ1v) is 5.74. The van der Waals surface area contributed by atoms with Gasteiger partial charge in [0.15, 0.2) is 0 Å². The summed E-state index contributed by atoms with van der Waals surface area (Å²) in [5, 5.41) is 3.43. The predicted molar refractivity (Wildman–Crippen MR) is 60.2 cm³/mol. The van der Waals surface area contributed by atoms with Crippen molar-refractivity contribution in [2.24, 2.45) is 0 Å². The van der Waals surface area contributed by atoms with Crippen molar-refractivity contribution in [3.05, 3.63) is 0 Å². The summed E-state index contributed by atoms with van der Waals surface area (Å²) in [5.74, 6) is 0. The molecule has 0 aromatic carbocycles. The summed E-state index contributed by atoms with van der Waals surface area (Å²) in [6, 6.07) is 0.727. The normalized spacial score (nSPS) is 13.6. The zero-order chi connectivity index (χ0) is 10.1. The van der Waals surface area contributed by atoms with E-state index in [0.717, 1.165) is 19.1 Å². The van der Waals surface area contributed by atoms with Crippen LogP contribution in [0.4, 0.5) is 0 Å². The van der Waals surface area contributed by atoms with Crippen LogP contribution in [0, 0.1) is 0 Å². The molecule has 0 aliphatic carbocycles. The average molecular weight is 186 g/mol. The number of nitrogens with one attached hydrogen (secondary N) is 1. The minimum atomic E-state index is 0.727. The molecule has 0 saturated carbocycles. The quantitative estimate of drug-likeness (QED) is 0.624. The molecule has 0 rings (SSSR count). The molecular formula is C11H26N2. The molecule has 2 heteroatoms. The average Bonchev–Trinajstić information content (AvgIpc) is 2.17. The van der Waals surface area contributed by atoms with Crippen LogP contribution < -0.4 is 5.32 Å². The van der Waals surface area contributed by atoms with Crippen molar-refractivity contribution >= 4 is 0 Å². The van der Waals surface area contributed by atoms with Crippen molar-refractivity contribution in [1.29, 1.82) is 0 Å². The molecule has 80 valence electrons. The van der Waals surface area contributed by atoms with Crippen LogP contribution in [-0.2, 0) is 0 Å². The highest BCUT2D eigenvalue weighted by atomic mass is 15.2. The summed E-state index contributed by atoms with van der Waals surface area (Å²) >= 11 is 0. The second kappa shape index (κ2) is 8.52. The smallest absolute Gasteiger partial charge is 0.0217 e. The first-order valence-electron chi connectivity index (χ1n) is 5.74. The molecule has 0 bridgehead atoms. The lowest BCUT2D eigenvalue weighted by atomic mass is 10.2. The van der Waals surface area contributed by atoms with Crippen molar-refractivity contribution in [2.45, 2.75) is 46.6 Å². The molecule has 0 amide bonds. The Labute approximate surface area is 83.7 Å². The van der Waals surface area contributed by atoms with Gasteiger partial charge in [0.05, 0.1) is 0 Å². The third-order valence-corrected chi connectivity index (χ3v) is 2.53. The number of hydrogen-bond donors (Lipinski definition) is 1. The van der Waals surface area contributed by atoms with E-state index in [1.54, 1.807) is 0 Å². The molecular weight excluding hydrogens is 160 g/mol. The topological polar surface area (TPSA) is 15.3 Å². The van der Waals surface area contributed by atoms with Gasteiger partial charge in [-0.2, -0.15) is 0 Å². The van der Waals surface area contributed by atoms with E-state index in [2.05, 4.69) is 37.9 Å². The van der Waals surface area contributed by atoms with Gasteiger partial charge in [-0.25, -0.2) is 0 Å². The highest BCUT2D eigenvalue weighted by Crippen LogP contribution is 2.03. The van der Waals surface area contributed by atoms with Crippen LogP contribution in [0.5, 0.6) is 0 Å². The van der Waals surface area contributed by atoms with Gasteiger partial charge in [0.25, 0.3) is 0 Å². The van der Waals surface area contributed by atoms with Crippen LogP contribution in [0.3, 0.4) is 0 Å². The summed E-state index contributed by atoms with van der Waals surface area (Å²) in [6.07, 6.45) is 2.51. The summed E-state index contributed by atoms with van der Waals surface area (Å²) in [7, 11) is 0. The van der Waals surface area contributed by atoms with Gasteiger partial charge in [0.1, 0.15) is 0 Å². The molecule has 1 atom stereocenters. The molecule has 0 aliphatic rings. The Morgan fingerprint density at radius 1 is 1.15 bits per heavy atom. The van der Waals surface area contributed by atoms with Crippen LogP contribution in [0.15, 0.2) is 0 Å². The Morgan fingerprint density at radius 3 is 2.23 bits per heavy atom. The van der Waals surface area contributed by atoms with Gasteiger partial charge in [-0.3, -0.25) is 4.90 Å².